The van der Waals surface area contributed by atoms with Gasteiger partial charge in [-0.2, -0.15) is 0 Å². The maximum absolute atomic E-state index is 4.62. The SMILES string of the molecule is CCCNc1cc(NC(C)CC(C)C)nc(CCC)n1. The molecule has 2 N–H and O–H groups in total. The van der Waals surface area contributed by atoms with E-state index in [0.717, 1.165) is 49.7 Å². The molecule has 1 rings (SSSR count). The Morgan fingerprint density at radius 1 is 1.05 bits per heavy atom. The summed E-state index contributed by atoms with van der Waals surface area (Å²) in [5.41, 5.74) is 0. The number of anilines is 2. The van der Waals surface area contributed by atoms with Crippen molar-refractivity contribution < 1.29 is 0 Å². The van der Waals surface area contributed by atoms with Gasteiger partial charge in [0.25, 0.3) is 0 Å². The first-order valence-electron chi connectivity index (χ1n) is 7.93. The lowest BCUT2D eigenvalue weighted by Crippen LogP contribution is -2.19. The average Bonchev–Trinajstić information content (AvgIpc) is 2.35. The molecule has 1 heterocycles. The van der Waals surface area contributed by atoms with Gasteiger partial charge in [-0.1, -0.05) is 27.7 Å². The van der Waals surface area contributed by atoms with Crippen molar-refractivity contribution in [3.8, 4) is 0 Å². The Kier molecular flexibility index (Phi) is 7.34. The van der Waals surface area contributed by atoms with Crippen molar-refractivity contribution in [2.45, 2.75) is 66.3 Å². The third-order valence-electron chi connectivity index (χ3n) is 3.02. The summed E-state index contributed by atoms with van der Waals surface area (Å²) >= 11 is 0. The molecular formula is C16H30N4. The minimum Gasteiger partial charge on any atom is -0.370 e. The molecule has 0 aromatic carbocycles. The Morgan fingerprint density at radius 3 is 2.35 bits per heavy atom. The van der Waals surface area contributed by atoms with E-state index in [-0.39, 0.29) is 0 Å². The minimum absolute atomic E-state index is 0.429. The Hall–Kier alpha value is -1.32. The number of nitrogens with one attached hydrogen (secondary N) is 2. The molecule has 1 unspecified atom stereocenters. The molecule has 0 spiro atoms. The first kappa shape index (κ1) is 16.7. The van der Waals surface area contributed by atoms with Crippen LogP contribution in [0, 0.1) is 5.92 Å². The molecule has 0 saturated heterocycles. The maximum atomic E-state index is 4.62. The van der Waals surface area contributed by atoms with Crippen molar-refractivity contribution in [1.29, 1.82) is 0 Å². The van der Waals surface area contributed by atoms with Gasteiger partial charge in [0.15, 0.2) is 0 Å². The molecule has 1 aromatic rings. The molecule has 0 aliphatic rings. The predicted octanol–water partition coefficient (Wildman–Crippen LogP) is 4.10. The molecule has 1 aromatic heterocycles. The molecule has 0 aliphatic carbocycles. The Bertz CT molecular complexity index is 390. The fourth-order valence-electron chi connectivity index (χ4n) is 2.27. The van der Waals surface area contributed by atoms with Gasteiger partial charge in [-0.3, -0.25) is 0 Å². The van der Waals surface area contributed by atoms with E-state index in [2.05, 4.69) is 55.2 Å². The van der Waals surface area contributed by atoms with Gasteiger partial charge in [-0.15, -0.1) is 0 Å². The van der Waals surface area contributed by atoms with Crippen LogP contribution in [0.3, 0.4) is 0 Å². The van der Waals surface area contributed by atoms with Gasteiger partial charge in [0.1, 0.15) is 17.5 Å². The predicted molar refractivity (Wildman–Crippen MR) is 87.3 cm³/mol. The smallest absolute Gasteiger partial charge is 0.133 e. The summed E-state index contributed by atoms with van der Waals surface area (Å²) in [7, 11) is 0. The van der Waals surface area contributed by atoms with Gasteiger partial charge in [-0.25, -0.2) is 9.97 Å². The average molecular weight is 278 g/mol. The number of rotatable bonds is 9. The van der Waals surface area contributed by atoms with E-state index >= 15 is 0 Å². The van der Waals surface area contributed by atoms with E-state index < -0.39 is 0 Å². The second-order valence-electron chi connectivity index (χ2n) is 5.91. The molecule has 4 heteroatoms. The van der Waals surface area contributed by atoms with Crippen molar-refractivity contribution in [2.75, 3.05) is 17.2 Å². The number of aromatic nitrogens is 2. The normalized spacial score (nSPS) is 12.5. The van der Waals surface area contributed by atoms with Crippen molar-refractivity contribution in [3.05, 3.63) is 11.9 Å². The highest BCUT2D eigenvalue weighted by Crippen LogP contribution is 2.15. The standard InChI is InChI=1S/C16H30N4/c1-6-8-14-19-15(17-9-7-2)11-16(20-14)18-13(5)10-12(3)4/h11-13H,6-10H2,1-5H3,(H2,17,18,19,20). The van der Waals surface area contributed by atoms with E-state index in [1.165, 1.54) is 0 Å². The molecule has 1 atom stereocenters. The lowest BCUT2D eigenvalue weighted by atomic mass is 10.1. The molecular weight excluding hydrogens is 248 g/mol. The highest BCUT2D eigenvalue weighted by Gasteiger charge is 2.08. The molecule has 0 amide bonds. The summed E-state index contributed by atoms with van der Waals surface area (Å²) < 4.78 is 0. The van der Waals surface area contributed by atoms with E-state index in [9.17, 15) is 0 Å². The van der Waals surface area contributed by atoms with E-state index in [1.807, 2.05) is 6.07 Å². The van der Waals surface area contributed by atoms with Crippen LogP contribution in [0.25, 0.3) is 0 Å². The maximum Gasteiger partial charge on any atom is 0.133 e. The van der Waals surface area contributed by atoms with Crippen LogP contribution in [0.4, 0.5) is 11.6 Å². The number of aryl methyl sites for hydroxylation is 1. The van der Waals surface area contributed by atoms with Crippen LogP contribution in [0.1, 0.15) is 59.7 Å². The summed E-state index contributed by atoms with van der Waals surface area (Å²) in [5, 5.41) is 6.85. The zero-order valence-electron chi connectivity index (χ0n) is 13.7. The lowest BCUT2D eigenvalue weighted by molar-refractivity contribution is 0.538. The summed E-state index contributed by atoms with van der Waals surface area (Å²) in [6.07, 6.45) is 4.23. The lowest BCUT2D eigenvalue weighted by Gasteiger charge is -2.17. The van der Waals surface area contributed by atoms with Crippen molar-refractivity contribution in [1.82, 2.24) is 9.97 Å². The molecule has 0 radical (unpaired) electrons. The number of hydrogen-bond donors (Lipinski definition) is 2. The van der Waals surface area contributed by atoms with Gasteiger partial charge in [-0.05, 0) is 32.1 Å². The van der Waals surface area contributed by atoms with Crippen LogP contribution in [-0.2, 0) is 6.42 Å². The largest absolute Gasteiger partial charge is 0.370 e. The highest BCUT2D eigenvalue weighted by molar-refractivity contribution is 5.48. The van der Waals surface area contributed by atoms with E-state index in [0.29, 0.717) is 12.0 Å². The molecule has 0 saturated carbocycles. The van der Waals surface area contributed by atoms with Gasteiger partial charge >= 0.3 is 0 Å². The number of hydrogen-bond acceptors (Lipinski definition) is 4. The van der Waals surface area contributed by atoms with E-state index in [4.69, 9.17) is 0 Å². The van der Waals surface area contributed by atoms with Crippen molar-refractivity contribution >= 4 is 11.6 Å². The van der Waals surface area contributed by atoms with Crippen molar-refractivity contribution in [3.63, 3.8) is 0 Å². The summed E-state index contributed by atoms with van der Waals surface area (Å²) in [6.45, 7) is 12.0. The third-order valence-corrected chi connectivity index (χ3v) is 3.02. The Morgan fingerprint density at radius 2 is 1.75 bits per heavy atom. The minimum atomic E-state index is 0.429. The van der Waals surface area contributed by atoms with Gasteiger partial charge < -0.3 is 10.6 Å². The van der Waals surface area contributed by atoms with Crippen LogP contribution in [0.15, 0.2) is 6.07 Å². The first-order valence-corrected chi connectivity index (χ1v) is 7.93. The van der Waals surface area contributed by atoms with Crippen LogP contribution < -0.4 is 10.6 Å². The third kappa shape index (κ3) is 6.22. The van der Waals surface area contributed by atoms with Crippen molar-refractivity contribution in [2.24, 2.45) is 5.92 Å². The molecule has 4 nitrogen and oxygen atoms in total. The number of nitrogens with zero attached hydrogens (tertiary/aromatic N) is 2. The highest BCUT2D eigenvalue weighted by atomic mass is 15.1. The van der Waals surface area contributed by atoms with Gasteiger partial charge in [0.05, 0.1) is 0 Å². The zero-order valence-corrected chi connectivity index (χ0v) is 13.7. The molecule has 20 heavy (non-hydrogen) atoms. The fraction of sp³-hybridized carbons (Fsp3) is 0.750. The Labute approximate surface area is 123 Å². The summed E-state index contributed by atoms with van der Waals surface area (Å²) in [5.74, 6) is 3.49. The second-order valence-corrected chi connectivity index (χ2v) is 5.91. The van der Waals surface area contributed by atoms with Gasteiger partial charge in [0.2, 0.25) is 0 Å². The van der Waals surface area contributed by atoms with E-state index in [1.54, 1.807) is 0 Å². The first-order chi connectivity index (χ1) is 9.55. The summed E-state index contributed by atoms with van der Waals surface area (Å²) in [4.78, 5) is 9.18. The van der Waals surface area contributed by atoms with Crippen LogP contribution in [0.5, 0.6) is 0 Å². The Balaban J connectivity index is 2.79. The van der Waals surface area contributed by atoms with Crippen LogP contribution in [-0.4, -0.2) is 22.6 Å². The second kappa shape index (κ2) is 8.77. The summed E-state index contributed by atoms with van der Waals surface area (Å²) in [6, 6.07) is 2.45. The molecule has 0 aliphatic heterocycles. The zero-order chi connectivity index (χ0) is 15.0. The molecule has 114 valence electrons. The van der Waals surface area contributed by atoms with Crippen LogP contribution in [0.2, 0.25) is 0 Å². The fourth-order valence-corrected chi connectivity index (χ4v) is 2.27. The van der Waals surface area contributed by atoms with Gasteiger partial charge in [0, 0.05) is 25.1 Å². The molecule has 0 bridgehead atoms. The van der Waals surface area contributed by atoms with Crippen LogP contribution >= 0.6 is 0 Å². The topological polar surface area (TPSA) is 49.8 Å². The quantitative estimate of drug-likeness (QED) is 0.714. The molecule has 0 fully saturated rings. The monoisotopic (exact) mass is 278 g/mol.